The highest BCUT2D eigenvalue weighted by Gasteiger charge is 2.37. The van der Waals surface area contributed by atoms with Gasteiger partial charge in [-0.05, 0) is 6.92 Å². The van der Waals surface area contributed by atoms with Gasteiger partial charge in [0.2, 0.25) is 0 Å². The van der Waals surface area contributed by atoms with Crippen molar-refractivity contribution >= 4 is 5.78 Å². The Bertz CT molecular complexity index is 167. The van der Waals surface area contributed by atoms with E-state index in [9.17, 15) is 18.0 Å². The average molecular weight is 200 g/mol. The summed E-state index contributed by atoms with van der Waals surface area (Å²) < 4.78 is 44.1. The Morgan fingerprint density at radius 1 is 1.38 bits per heavy atom. The predicted molar refractivity (Wildman–Crippen MR) is 38.4 cm³/mol. The van der Waals surface area contributed by atoms with E-state index >= 15 is 0 Å². The van der Waals surface area contributed by atoms with E-state index in [0.717, 1.165) is 6.92 Å². The number of carbonyl (C=O) groups is 1. The maximum Gasteiger partial charge on any atom is 0.414 e. The number of ketones is 1. The second-order valence-corrected chi connectivity index (χ2v) is 2.47. The molecular weight excluding hydrogens is 189 g/mol. The zero-order valence-corrected chi connectivity index (χ0v) is 7.35. The molecule has 0 fully saturated rings. The largest absolute Gasteiger partial charge is 0.414 e. The van der Waals surface area contributed by atoms with Crippen LogP contribution in [0, 0.1) is 0 Å². The third-order valence-electron chi connectivity index (χ3n) is 1.26. The van der Waals surface area contributed by atoms with Crippen LogP contribution in [0.4, 0.5) is 13.2 Å². The number of alkyl halides is 3. The SMILES string of the molecule is COCC(=O)COC(C)C(F)(F)F. The first-order valence-corrected chi connectivity index (χ1v) is 3.57. The van der Waals surface area contributed by atoms with Crippen LogP contribution >= 0.6 is 0 Å². The van der Waals surface area contributed by atoms with Gasteiger partial charge in [0.05, 0.1) is 0 Å². The Balaban J connectivity index is 3.70. The molecule has 6 heteroatoms. The summed E-state index contributed by atoms with van der Waals surface area (Å²) in [5.74, 6) is -0.515. The van der Waals surface area contributed by atoms with E-state index in [0.29, 0.717) is 0 Å². The minimum atomic E-state index is -4.42. The van der Waals surface area contributed by atoms with Gasteiger partial charge in [0.15, 0.2) is 11.9 Å². The molecule has 0 heterocycles. The molecule has 0 spiro atoms. The molecule has 0 aliphatic heterocycles. The molecule has 13 heavy (non-hydrogen) atoms. The minimum absolute atomic E-state index is 0.232. The molecule has 0 aromatic heterocycles. The quantitative estimate of drug-likeness (QED) is 0.668. The number of halogens is 3. The molecule has 1 unspecified atom stereocenters. The van der Waals surface area contributed by atoms with E-state index < -0.39 is 24.7 Å². The summed E-state index contributed by atoms with van der Waals surface area (Å²) in [5, 5.41) is 0. The van der Waals surface area contributed by atoms with Gasteiger partial charge in [-0.2, -0.15) is 13.2 Å². The van der Waals surface area contributed by atoms with Gasteiger partial charge in [-0.3, -0.25) is 4.79 Å². The standard InChI is InChI=1S/C7H11F3O3/c1-5(7(8,9)10)13-4-6(11)3-12-2/h5H,3-4H2,1-2H3. The fourth-order valence-corrected chi connectivity index (χ4v) is 0.515. The predicted octanol–water partition coefficient (Wildman–Crippen LogP) is 1.17. The van der Waals surface area contributed by atoms with Crippen LogP contribution in [0.3, 0.4) is 0 Å². The summed E-state index contributed by atoms with van der Waals surface area (Å²) in [6, 6.07) is 0. The number of methoxy groups -OCH3 is 1. The summed E-state index contributed by atoms with van der Waals surface area (Å²) in [6.45, 7) is 0.0408. The van der Waals surface area contributed by atoms with E-state index in [1.54, 1.807) is 0 Å². The van der Waals surface area contributed by atoms with Gasteiger partial charge in [0, 0.05) is 7.11 Å². The van der Waals surface area contributed by atoms with Crippen molar-refractivity contribution in [2.75, 3.05) is 20.3 Å². The Morgan fingerprint density at radius 2 is 1.92 bits per heavy atom. The molecular formula is C7H11F3O3. The smallest absolute Gasteiger partial charge is 0.377 e. The molecule has 0 aromatic carbocycles. The first kappa shape index (κ1) is 12.4. The molecule has 0 bridgehead atoms. The van der Waals surface area contributed by atoms with E-state index in [1.165, 1.54) is 7.11 Å². The van der Waals surface area contributed by atoms with Crippen LogP contribution in [0.15, 0.2) is 0 Å². The summed E-state index contributed by atoms with van der Waals surface area (Å²) in [6.07, 6.45) is -6.35. The molecule has 0 radical (unpaired) electrons. The van der Waals surface area contributed by atoms with E-state index in [2.05, 4.69) is 9.47 Å². The maximum atomic E-state index is 11.8. The number of hydrogen-bond acceptors (Lipinski definition) is 3. The van der Waals surface area contributed by atoms with Crippen molar-refractivity contribution in [2.24, 2.45) is 0 Å². The van der Waals surface area contributed by atoms with Crippen molar-refractivity contribution in [3.63, 3.8) is 0 Å². The molecule has 0 saturated carbocycles. The zero-order valence-electron chi connectivity index (χ0n) is 7.35. The zero-order chi connectivity index (χ0) is 10.5. The van der Waals surface area contributed by atoms with Gasteiger partial charge in [0.1, 0.15) is 13.2 Å². The van der Waals surface area contributed by atoms with E-state index in [-0.39, 0.29) is 6.61 Å². The van der Waals surface area contributed by atoms with Crippen molar-refractivity contribution in [1.82, 2.24) is 0 Å². The van der Waals surface area contributed by atoms with Crippen molar-refractivity contribution in [2.45, 2.75) is 19.2 Å². The number of carbonyl (C=O) groups excluding carboxylic acids is 1. The maximum absolute atomic E-state index is 11.8. The van der Waals surface area contributed by atoms with E-state index in [4.69, 9.17) is 0 Å². The first-order chi connectivity index (χ1) is 5.88. The Hall–Kier alpha value is -0.620. The van der Waals surface area contributed by atoms with Gasteiger partial charge >= 0.3 is 6.18 Å². The Labute approximate surface area is 73.8 Å². The molecule has 0 aromatic rings. The van der Waals surface area contributed by atoms with Crippen molar-refractivity contribution in [3.05, 3.63) is 0 Å². The first-order valence-electron chi connectivity index (χ1n) is 3.57. The molecule has 0 amide bonds. The summed E-state index contributed by atoms with van der Waals surface area (Å²) in [7, 11) is 1.28. The lowest BCUT2D eigenvalue weighted by molar-refractivity contribution is -0.213. The molecule has 0 saturated heterocycles. The van der Waals surface area contributed by atoms with Crippen LogP contribution in [0.5, 0.6) is 0 Å². The monoisotopic (exact) mass is 200 g/mol. The summed E-state index contributed by atoms with van der Waals surface area (Å²) >= 11 is 0. The number of ether oxygens (including phenoxy) is 2. The third kappa shape index (κ3) is 5.59. The molecule has 78 valence electrons. The highest BCUT2D eigenvalue weighted by molar-refractivity contribution is 5.80. The Kier molecular flexibility index (Phi) is 4.94. The van der Waals surface area contributed by atoms with Gasteiger partial charge in [-0.15, -0.1) is 0 Å². The minimum Gasteiger partial charge on any atom is -0.377 e. The van der Waals surface area contributed by atoms with Crippen LogP contribution in [0.2, 0.25) is 0 Å². The molecule has 3 nitrogen and oxygen atoms in total. The van der Waals surface area contributed by atoms with Gasteiger partial charge in [-0.25, -0.2) is 0 Å². The molecule has 1 atom stereocenters. The van der Waals surface area contributed by atoms with Crippen molar-refractivity contribution in [1.29, 1.82) is 0 Å². The van der Waals surface area contributed by atoms with Gasteiger partial charge in [0.25, 0.3) is 0 Å². The lowest BCUT2D eigenvalue weighted by Crippen LogP contribution is -2.31. The number of Topliss-reactive ketones (excluding diaryl/α,β-unsaturated/α-hetero) is 1. The number of hydrogen-bond donors (Lipinski definition) is 0. The van der Waals surface area contributed by atoms with Crippen molar-refractivity contribution < 1.29 is 27.4 Å². The molecule has 0 aliphatic carbocycles. The lowest BCUT2D eigenvalue weighted by Gasteiger charge is -2.15. The second kappa shape index (κ2) is 5.18. The highest BCUT2D eigenvalue weighted by atomic mass is 19.4. The molecule has 0 aliphatic rings. The van der Waals surface area contributed by atoms with E-state index in [1.807, 2.05) is 0 Å². The normalized spacial score (nSPS) is 14.2. The summed E-state index contributed by atoms with van der Waals surface area (Å²) in [5.41, 5.74) is 0. The van der Waals surface area contributed by atoms with Crippen LogP contribution in [-0.4, -0.2) is 38.4 Å². The third-order valence-corrected chi connectivity index (χ3v) is 1.26. The Morgan fingerprint density at radius 3 is 2.31 bits per heavy atom. The van der Waals surface area contributed by atoms with Crippen LogP contribution in [-0.2, 0) is 14.3 Å². The van der Waals surface area contributed by atoms with Gasteiger partial charge < -0.3 is 9.47 Å². The molecule has 0 N–H and O–H groups in total. The fourth-order valence-electron chi connectivity index (χ4n) is 0.515. The fraction of sp³-hybridized carbons (Fsp3) is 0.857. The van der Waals surface area contributed by atoms with Crippen LogP contribution in [0.25, 0.3) is 0 Å². The van der Waals surface area contributed by atoms with Crippen LogP contribution in [0.1, 0.15) is 6.92 Å². The number of rotatable bonds is 5. The van der Waals surface area contributed by atoms with Crippen LogP contribution < -0.4 is 0 Å². The summed E-state index contributed by atoms with van der Waals surface area (Å²) in [4.78, 5) is 10.7. The second-order valence-electron chi connectivity index (χ2n) is 2.47. The van der Waals surface area contributed by atoms with Gasteiger partial charge in [-0.1, -0.05) is 0 Å². The average Bonchev–Trinajstić information content (AvgIpc) is 1.99. The van der Waals surface area contributed by atoms with Crippen molar-refractivity contribution in [3.8, 4) is 0 Å². The lowest BCUT2D eigenvalue weighted by atomic mass is 10.4. The molecule has 0 rings (SSSR count). The topological polar surface area (TPSA) is 35.5 Å². The highest BCUT2D eigenvalue weighted by Crippen LogP contribution is 2.21.